The van der Waals surface area contributed by atoms with Crippen LogP contribution in [0.3, 0.4) is 0 Å². The van der Waals surface area contributed by atoms with E-state index in [-0.39, 0.29) is 0 Å². The van der Waals surface area contributed by atoms with Gasteiger partial charge in [0.25, 0.3) is 0 Å². The van der Waals surface area contributed by atoms with Gasteiger partial charge in [-0.25, -0.2) is 0 Å². The van der Waals surface area contributed by atoms with Crippen LogP contribution >= 0.6 is 27.7 Å². The molecule has 0 N–H and O–H groups in total. The molecular weight excluding hydrogens is 246 g/mol. The van der Waals surface area contributed by atoms with Gasteiger partial charge in [-0.3, -0.25) is 4.99 Å². The van der Waals surface area contributed by atoms with Crippen molar-refractivity contribution in [1.29, 1.82) is 0 Å². The molecule has 0 radical (unpaired) electrons. The normalized spacial score (nSPS) is 20.2. The van der Waals surface area contributed by atoms with E-state index in [1.807, 2.05) is 11.8 Å². The third-order valence-electron chi connectivity index (χ3n) is 2.37. The van der Waals surface area contributed by atoms with E-state index in [0.717, 1.165) is 9.73 Å². The second-order valence-electron chi connectivity index (χ2n) is 3.43. The van der Waals surface area contributed by atoms with Crippen molar-refractivity contribution in [3.05, 3.63) is 10.0 Å². The summed E-state index contributed by atoms with van der Waals surface area (Å²) < 4.78 is 1.10. The van der Waals surface area contributed by atoms with Crippen molar-refractivity contribution >= 4 is 34.4 Å². The smallest absolute Gasteiger partial charge is 0.0686 e. The van der Waals surface area contributed by atoms with E-state index < -0.39 is 0 Å². The van der Waals surface area contributed by atoms with Gasteiger partial charge in [-0.2, -0.15) is 0 Å². The summed E-state index contributed by atoms with van der Waals surface area (Å²) in [7, 11) is 0. The summed E-state index contributed by atoms with van der Waals surface area (Å²) in [6.45, 7) is 3.43. The van der Waals surface area contributed by atoms with E-state index in [9.17, 15) is 0 Å². The minimum Gasteiger partial charge on any atom is -0.271 e. The molecule has 0 aliphatic heterocycles. The number of hydrogen-bond acceptors (Lipinski definition) is 2. The van der Waals surface area contributed by atoms with E-state index in [0.29, 0.717) is 0 Å². The first-order chi connectivity index (χ1) is 6.33. The van der Waals surface area contributed by atoms with E-state index in [1.165, 1.54) is 37.9 Å². The Morgan fingerprint density at radius 2 is 2.15 bits per heavy atom. The minimum atomic E-state index is 0.921. The lowest BCUT2D eigenvalue weighted by molar-refractivity contribution is 0.391. The molecule has 0 aromatic rings. The lowest BCUT2D eigenvalue weighted by Gasteiger charge is -2.20. The fourth-order valence-corrected chi connectivity index (χ4v) is 3.08. The lowest BCUT2D eigenvalue weighted by atomic mass is 9.91. The number of nitrogens with zero attached hydrogens (tertiary/aromatic N) is 1. The molecule has 0 amide bonds. The Balaban J connectivity index is 2.17. The highest BCUT2D eigenvalue weighted by atomic mass is 79.9. The van der Waals surface area contributed by atoms with Crippen LogP contribution in [0.25, 0.3) is 0 Å². The summed E-state index contributed by atoms with van der Waals surface area (Å²) in [5.74, 6) is 2.15. The second kappa shape index (κ2) is 6.66. The number of aliphatic imine (C=N–C) groups is 1. The molecule has 0 saturated heterocycles. The molecule has 74 valence electrons. The fraction of sp³-hybridized carbons (Fsp3) is 0.700. The van der Waals surface area contributed by atoms with Gasteiger partial charge in [0.2, 0.25) is 0 Å². The van der Waals surface area contributed by atoms with Crippen molar-refractivity contribution in [2.24, 2.45) is 10.9 Å². The molecule has 13 heavy (non-hydrogen) atoms. The molecule has 1 fully saturated rings. The zero-order chi connectivity index (χ0) is 9.52. The first-order valence-corrected chi connectivity index (χ1v) is 6.55. The standard InChI is InChI=1S/C10H16BrNS/c1-12-7-10(11)13-8-9-5-3-2-4-6-9/h7,9H,1-6,8H2/b10-7-. The number of thioether (sulfide) groups is 1. The summed E-state index contributed by atoms with van der Waals surface area (Å²) >= 11 is 5.31. The Morgan fingerprint density at radius 1 is 1.46 bits per heavy atom. The summed E-state index contributed by atoms with van der Waals surface area (Å²) in [6.07, 6.45) is 8.88. The third-order valence-corrected chi connectivity index (χ3v) is 4.29. The van der Waals surface area contributed by atoms with Crippen molar-refractivity contribution < 1.29 is 0 Å². The Hall–Kier alpha value is 0.240. The van der Waals surface area contributed by atoms with E-state index >= 15 is 0 Å². The van der Waals surface area contributed by atoms with Gasteiger partial charge >= 0.3 is 0 Å². The first-order valence-electron chi connectivity index (χ1n) is 4.77. The van der Waals surface area contributed by atoms with Crippen LogP contribution in [0, 0.1) is 5.92 Å². The van der Waals surface area contributed by atoms with Gasteiger partial charge in [0, 0.05) is 12.0 Å². The summed E-state index contributed by atoms with van der Waals surface area (Å²) in [5, 5.41) is 0. The van der Waals surface area contributed by atoms with Gasteiger partial charge in [0.1, 0.15) is 0 Å². The summed E-state index contributed by atoms with van der Waals surface area (Å²) in [4.78, 5) is 3.72. The molecule has 0 aromatic carbocycles. The highest BCUT2D eigenvalue weighted by Gasteiger charge is 2.13. The predicted molar refractivity (Wildman–Crippen MR) is 65.6 cm³/mol. The van der Waals surface area contributed by atoms with Gasteiger partial charge in [-0.05, 0) is 41.4 Å². The van der Waals surface area contributed by atoms with Gasteiger partial charge in [0.15, 0.2) is 0 Å². The van der Waals surface area contributed by atoms with Crippen LogP contribution in [0.4, 0.5) is 0 Å². The SMILES string of the molecule is C=N/C=C(/Br)SCC1CCCCC1. The van der Waals surface area contributed by atoms with Crippen molar-refractivity contribution in [2.45, 2.75) is 32.1 Å². The first kappa shape index (κ1) is 11.3. The number of hydrogen-bond donors (Lipinski definition) is 0. The van der Waals surface area contributed by atoms with Crippen LogP contribution in [-0.4, -0.2) is 12.5 Å². The Bertz CT molecular complexity index is 185. The van der Waals surface area contributed by atoms with Crippen LogP contribution in [0.1, 0.15) is 32.1 Å². The molecule has 0 bridgehead atoms. The van der Waals surface area contributed by atoms with Crippen molar-refractivity contribution in [3.8, 4) is 0 Å². The largest absolute Gasteiger partial charge is 0.271 e. The van der Waals surface area contributed by atoms with Crippen LogP contribution in [0.5, 0.6) is 0 Å². The maximum Gasteiger partial charge on any atom is 0.0686 e. The van der Waals surface area contributed by atoms with Gasteiger partial charge in [0.05, 0.1) is 3.81 Å². The zero-order valence-corrected chi connectivity index (χ0v) is 10.2. The van der Waals surface area contributed by atoms with E-state index in [2.05, 4.69) is 27.6 Å². The molecule has 1 aliphatic carbocycles. The molecular formula is C10H16BrNS. The van der Waals surface area contributed by atoms with E-state index in [1.54, 1.807) is 6.20 Å². The molecule has 3 heteroatoms. The molecule has 1 aliphatic rings. The number of halogens is 1. The predicted octanol–water partition coefficient (Wildman–Crippen LogP) is 4.19. The van der Waals surface area contributed by atoms with Crippen molar-refractivity contribution in [1.82, 2.24) is 0 Å². The van der Waals surface area contributed by atoms with Crippen molar-refractivity contribution in [3.63, 3.8) is 0 Å². The van der Waals surface area contributed by atoms with Gasteiger partial charge in [-0.1, -0.05) is 19.3 Å². The van der Waals surface area contributed by atoms with Gasteiger partial charge < -0.3 is 0 Å². The second-order valence-corrected chi connectivity index (χ2v) is 5.87. The maximum absolute atomic E-state index is 3.72. The van der Waals surface area contributed by atoms with E-state index in [4.69, 9.17) is 0 Å². The average molecular weight is 262 g/mol. The summed E-state index contributed by atoms with van der Waals surface area (Å²) in [5.41, 5.74) is 0. The summed E-state index contributed by atoms with van der Waals surface area (Å²) in [6, 6.07) is 0. The molecule has 0 unspecified atom stereocenters. The Labute approximate surface area is 93.2 Å². The molecule has 0 aromatic heterocycles. The lowest BCUT2D eigenvalue weighted by Crippen LogP contribution is -2.08. The molecule has 0 atom stereocenters. The highest BCUT2D eigenvalue weighted by molar-refractivity contribution is 9.14. The quantitative estimate of drug-likeness (QED) is 0.692. The van der Waals surface area contributed by atoms with Crippen LogP contribution in [-0.2, 0) is 0 Å². The average Bonchev–Trinajstić information content (AvgIpc) is 2.17. The number of rotatable bonds is 4. The molecule has 0 spiro atoms. The monoisotopic (exact) mass is 261 g/mol. The van der Waals surface area contributed by atoms with Crippen molar-refractivity contribution in [2.75, 3.05) is 5.75 Å². The fourth-order valence-electron chi connectivity index (χ4n) is 1.66. The molecule has 0 heterocycles. The van der Waals surface area contributed by atoms with Crippen LogP contribution < -0.4 is 0 Å². The Kier molecular flexibility index (Phi) is 5.80. The Morgan fingerprint density at radius 3 is 2.77 bits per heavy atom. The van der Waals surface area contributed by atoms with Crippen LogP contribution in [0.15, 0.2) is 15.0 Å². The zero-order valence-electron chi connectivity index (χ0n) is 7.84. The highest BCUT2D eigenvalue weighted by Crippen LogP contribution is 2.31. The van der Waals surface area contributed by atoms with Crippen LogP contribution in [0.2, 0.25) is 0 Å². The minimum absolute atomic E-state index is 0.921. The molecule has 1 rings (SSSR count). The molecule has 1 saturated carbocycles. The maximum atomic E-state index is 3.72. The third kappa shape index (κ3) is 4.87. The van der Waals surface area contributed by atoms with Gasteiger partial charge in [-0.15, -0.1) is 11.8 Å². The topological polar surface area (TPSA) is 12.4 Å². The molecule has 1 nitrogen and oxygen atoms in total.